The van der Waals surface area contributed by atoms with Crippen molar-refractivity contribution in [3.63, 3.8) is 0 Å². The molecule has 1 N–H and O–H groups in total. The molecule has 2 heterocycles. The van der Waals surface area contributed by atoms with Crippen molar-refractivity contribution in [2.75, 3.05) is 23.3 Å². The highest BCUT2D eigenvalue weighted by atomic mass is 16.1. The van der Waals surface area contributed by atoms with E-state index in [-0.39, 0.29) is 11.8 Å². The zero-order chi connectivity index (χ0) is 21.1. The Kier molecular flexibility index (Phi) is 6.07. The van der Waals surface area contributed by atoms with Gasteiger partial charge in [-0.3, -0.25) is 4.79 Å². The van der Waals surface area contributed by atoms with Crippen molar-refractivity contribution in [3.8, 4) is 0 Å². The summed E-state index contributed by atoms with van der Waals surface area (Å²) in [6.07, 6.45) is 3.03. The average molecular weight is 405 g/mol. The number of piperidine rings is 1. The standard InChI is InChI=1S/C25H32N4O/c1-18(2)14-16-29-23-9-5-4-8-22(23)27-25(29)28-15-6-7-20(17-28)24(30)26-21-12-10-19(3)11-13-21/h4-5,8-13,18,20H,6-7,14-17H2,1-3H3,(H,26,30)/t20-/m1/s1. The lowest BCUT2D eigenvalue weighted by Crippen LogP contribution is -2.42. The van der Waals surface area contributed by atoms with Gasteiger partial charge in [-0.2, -0.15) is 0 Å². The summed E-state index contributed by atoms with van der Waals surface area (Å²) in [4.78, 5) is 20.2. The van der Waals surface area contributed by atoms with Crippen LogP contribution in [0.3, 0.4) is 0 Å². The van der Waals surface area contributed by atoms with Crippen LogP contribution in [-0.2, 0) is 11.3 Å². The smallest absolute Gasteiger partial charge is 0.229 e. The van der Waals surface area contributed by atoms with Gasteiger partial charge in [0.15, 0.2) is 0 Å². The van der Waals surface area contributed by atoms with Crippen LogP contribution in [0.4, 0.5) is 11.6 Å². The molecule has 0 bridgehead atoms. The molecule has 30 heavy (non-hydrogen) atoms. The maximum Gasteiger partial charge on any atom is 0.229 e. The number of carbonyl (C=O) groups excluding carboxylic acids is 1. The van der Waals surface area contributed by atoms with Crippen molar-refractivity contribution in [2.45, 2.75) is 46.6 Å². The molecule has 0 unspecified atom stereocenters. The lowest BCUT2D eigenvalue weighted by molar-refractivity contribution is -0.120. The van der Waals surface area contributed by atoms with Crippen LogP contribution in [-0.4, -0.2) is 28.5 Å². The zero-order valence-corrected chi connectivity index (χ0v) is 18.3. The quantitative estimate of drug-likeness (QED) is 0.611. The lowest BCUT2D eigenvalue weighted by Gasteiger charge is -2.33. The number of hydrogen-bond donors (Lipinski definition) is 1. The number of anilines is 2. The van der Waals surface area contributed by atoms with Gasteiger partial charge in [0.05, 0.1) is 17.0 Å². The van der Waals surface area contributed by atoms with Gasteiger partial charge in [0, 0.05) is 25.3 Å². The maximum absolute atomic E-state index is 12.9. The number of aromatic nitrogens is 2. The van der Waals surface area contributed by atoms with E-state index < -0.39 is 0 Å². The molecule has 4 rings (SSSR count). The summed E-state index contributed by atoms with van der Waals surface area (Å²) in [5.41, 5.74) is 4.27. The molecule has 0 spiro atoms. The van der Waals surface area contributed by atoms with Crippen molar-refractivity contribution >= 4 is 28.6 Å². The molecule has 2 aromatic carbocycles. The van der Waals surface area contributed by atoms with Crippen molar-refractivity contribution in [2.24, 2.45) is 11.8 Å². The molecule has 5 nitrogen and oxygen atoms in total. The zero-order valence-electron chi connectivity index (χ0n) is 18.3. The molecule has 1 fully saturated rings. The predicted octanol–water partition coefficient (Wildman–Crippen LogP) is 5.25. The minimum absolute atomic E-state index is 0.0292. The van der Waals surface area contributed by atoms with Gasteiger partial charge in [0.1, 0.15) is 0 Å². The van der Waals surface area contributed by atoms with Gasteiger partial charge in [-0.25, -0.2) is 4.98 Å². The Hall–Kier alpha value is -2.82. The fourth-order valence-electron chi connectivity index (χ4n) is 4.17. The fraction of sp³-hybridized carbons (Fsp3) is 0.440. The van der Waals surface area contributed by atoms with Crippen LogP contribution < -0.4 is 10.2 Å². The van der Waals surface area contributed by atoms with Crippen molar-refractivity contribution < 1.29 is 4.79 Å². The summed E-state index contributed by atoms with van der Waals surface area (Å²) in [7, 11) is 0. The first-order valence-electron chi connectivity index (χ1n) is 11.1. The van der Waals surface area contributed by atoms with Gasteiger partial charge in [-0.1, -0.05) is 43.7 Å². The van der Waals surface area contributed by atoms with E-state index in [0.29, 0.717) is 12.5 Å². The first-order chi connectivity index (χ1) is 14.5. The van der Waals surface area contributed by atoms with Gasteiger partial charge in [-0.15, -0.1) is 0 Å². The van der Waals surface area contributed by atoms with Crippen molar-refractivity contribution in [1.82, 2.24) is 9.55 Å². The number of nitrogens with zero attached hydrogens (tertiary/aromatic N) is 3. The van der Waals surface area contributed by atoms with Gasteiger partial charge in [0.2, 0.25) is 11.9 Å². The van der Waals surface area contributed by atoms with Crippen LogP contribution >= 0.6 is 0 Å². The number of fused-ring (bicyclic) bond motifs is 1. The predicted molar refractivity (Wildman–Crippen MR) is 124 cm³/mol. The summed E-state index contributed by atoms with van der Waals surface area (Å²) >= 11 is 0. The van der Waals surface area contributed by atoms with E-state index in [0.717, 1.165) is 49.5 Å². The number of imidazole rings is 1. The third kappa shape index (κ3) is 4.50. The highest BCUT2D eigenvalue weighted by Gasteiger charge is 2.28. The molecule has 0 radical (unpaired) electrons. The molecule has 5 heteroatoms. The second-order valence-electron chi connectivity index (χ2n) is 8.88. The van der Waals surface area contributed by atoms with Gasteiger partial charge in [-0.05, 0) is 56.4 Å². The number of benzene rings is 2. The molecule has 0 saturated carbocycles. The van der Waals surface area contributed by atoms with Crippen LogP contribution in [0.5, 0.6) is 0 Å². The van der Waals surface area contributed by atoms with Crippen LogP contribution in [0.25, 0.3) is 11.0 Å². The van der Waals surface area contributed by atoms with E-state index in [1.54, 1.807) is 0 Å². The van der Waals surface area contributed by atoms with Crippen molar-refractivity contribution in [1.29, 1.82) is 0 Å². The van der Waals surface area contributed by atoms with Gasteiger partial charge >= 0.3 is 0 Å². The monoisotopic (exact) mass is 404 g/mol. The second-order valence-corrected chi connectivity index (χ2v) is 8.88. The first-order valence-corrected chi connectivity index (χ1v) is 11.1. The number of amides is 1. The Labute approximate surface area is 179 Å². The third-order valence-electron chi connectivity index (χ3n) is 5.96. The molecule has 158 valence electrons. The van der Waals surface area contributed by atoms with E-state index in [2.05, 4.69) is 53.8 Å². The summed E-state index contributed by atoms with van der Waals surface area (Å²) in [6.45, 7) is 9.17. The second kappa shape index (κ2) is 8.90. The Morgan fingerprint density at radius 1 is 1.17 bits per heavy atom. The number of para-hydroxylation sites is 2. The topological polar surface area (TPSA) is 50.2 Å². The Balaban J connectivity index is 1.53. The fourth-order valence-corrected chi connectivity index (χ4v) is 4.17. The molecule has 3 aromatic rings. The van der Waals surface area contributed by atoms with Crippen LogP contribution in [0.15, 0.2) is 48.5 Å². The number of hydrogen-bond acceptors (Lipinski definition) is 3. The van der Waals surface area contributed by atoms with E-state index in [4.69, 9.17) is 4.98 Å². The molecular weight excluding hydrogens is 372 g/mol. The van der Waals surface area contributed by atoms with E-state index in [1.807, 2.05) is 30.3 Å². The minimum atomic E-state index is -0.0292. The Bertz CT molecular complexity index is 1010. The highest BCUT2D eigenvalue weighted by Crippen LogP contribution is 2.28. The van der Waals surface area contributed by atoms with E-state index >= 15 is 0 Å². The lowest BCUT2D eigenvalue weighted by atomic mass is 9.97. The molecule has 1 amide bonds. The highest BCUT2D eigenvalue weighted by molar-refractivity contribution is 5.93. The molecule has 1 aliphatic rings. The SMILES string of the molecule is Cc1ccc(NC(=O)[C@@H]2CCCN(c3nc4ccccc4n3CCC(C)C)C2)cc1. The normalized spacial score (nSPS) is 16.9. The molecule has 1 aromatic heterocycles. The minimum Gasteiger partial charge on any atom is -0.341 e. The Morgan fingerprint density at radius 2 is 1.93 bits per heavy atom. The third-order valence-corrected chi connectivity index (χ3v) is 5.96. The van der Waals surface area contributed by atoms with E-state index in [1.165, 1.54) is 11.1 Å². The largest absolute Gasteiger partial charge is 0.341 e. The van der Waals surface area contributed by atoms with Gasteiger partial charge < -0.3 is 14.8 Å². The summed E-state index contributed by atoms with van der Waals surface area (Å²) in [5, 5.41) is 3.10. The summed E-state index contributed by atoms with van der Waals surface area (Å²) in [6, 6.07) is 16.3. The molecule has 1 aliphatic heterocycles. The number of rotatable bonds is 6. The number of carbonyl (C=O) groups is 1. The van der Waals surface area contributed by atoms with Gasteiger partial charge in [0.25, 0.3) is 0 Å². The van der Waals surface area contributed by atoms with Crippen molar-refractivity contribution in [3.05, 3.63) is 54.1 Å². The van der Waals surface area contributed by atoms with Crippen LogP contribution in [0.1, 0.15) is 38.7 Å². The van der Waals surface area contributed by atoms with Crippen LogP contribution in [0.2, 0.25) is 0 Å². The number of nitrogens with one attached hydrogen (secondary N) is 1. The molecule has 1 saturated heterocycles. The summed E-state index contributed by atoms with van der Waals surface area (Å²) < 4.78 is 2.34. The first kappa shape index (κ1) is 20.5. The molecular formula is C25H32N4O. The van der Waals surface area contributed by atoms with E-state index in [9.17, 15) is 4.79 Å². The maximum atomic E-state index is 12.9. The van der Waals surface area contributed by atoms with Crippen LogP contribution in [0, 0.1) is 18.8 Å². The molecule has 0 aliphatic carbocycles. The summed E-state index contributed by atoms with van der Waals surface area (Å²) in [5.74, 6) is 1.71. The average Bonchev–Trinajstić information content (AvgIpc) is 3.12. The number of aryl methyl sites for hydroxylation is 2. The Morgan fingerprint density at radius 3 is 2.70 bits per heavy atom. The molecule has 1 atom stereocenters.